The number of nitrogens with zero attached hydrogens (tertiary/aromatic N) is 4. The number of aromatic nitrogens is 2. The minimum absolute atomic E-state index is 0.00268. The Hall–Kier alpha value is -2.39. The quantitative estimate of drug-likeness (QED) is 0.714. The van der Waals surface area contributed by atoms with Crippen molar-refractivity contribution in [2.24, 2.45) is 0 Å². The highest BCUT2D eigenvalue weighted by Gasteiger charge is 2.34. The summed E-state index contributed by atoms with van der Waals surface area (Å²) in [5.41, 5.74) is 2.22. The van der Waals surface area contributed by atoms with Crippen LogP contribution in [0.25, 0.3) is 0 Å². The van der Waals surface area contributed by atoms with Crippen LogP contribution in [0.2, 0.25) is 0 Å². The fourth-order valence-electron chi connectivity index (χ4n) is 4.80. The molecule has 1 fully saturated rings. The second-order valence-corrected chi connectivity index (χ2v) is 9.07. The number of likely N-dealkylation sites (N-methyl/N-ethyl adjacent to an activating group) is 1. The van der Waals surface area contributed by atoms with Gasteiger partial charge in [-0.1, -0.05) is 25.1 Å². The summed E-state index contributed by atoms with van der Waals surface area (Å²) in [6.45, 7) is 6.03. The van der Waals surface area contributed by atoms with E-state index < -0.39 is 11.7 Å². The van der Waals surface area contributed by atoms with Gasteiger partial charge >= 0.3 is 6.18 Å². The fraction of sp³-hybridized carbons (Fsp3) is 0.583. The lowest BCUT2D eigenvalue weighted by Crippen LogP contribution is -2.47. The Balaban J connectivity index is 1.51. The van der Waals surface area contributed by atoms with Crippen molar-refractivity contribution in [3.63, 3.8) is 0 Å². The third-order valence-corrected chi connectivity index (χ3v) is 6.68. The third-order valence-electron chi connectivity index (χ3n) is 6.68. The number of halogens is 3. The summed E-state index contributed by atoms with van der Waals surface area (Å²) in [6, 6.07) is 5.69. The maximum Gasteiger partial charge on any atom is 0.416 e. The minimum Gasteiger partial charge on any atom is -0.335 e. The van der Waals surface area contributed by atoms with Crippen LogP contribution in [0.1, 0.15) is 52.6 Å². The van der Waals surface area contributed by atoms with Gasteiger partial charge in [0.05, 0.1) is 5.56 Å². The highest BCUT2D eigenvalue weighted by atomic mass is 19.4. The number of piperazine rings is 1. The van der Waals surface area contributed by atoms with Gasteiger partial charge in [-0.2, -0.15) is 18.3 Å². The molecule has 1 aromatic heterocycles. The molecule has 2 aliphatic rings. The molecular weight excluding hydrogens is 431 g/mol. The lowest BCUT2D eigenvalue weighted by Gasteiger charge is -2.32. The van der Waals surface area contributed by atoms with E-state index in [-0.39, 0.29) is 24.1 Å². The molecule has 1 saturated heterocycles. The highest BCUT2D eigenvalue weighted by Crippen LogP contribution is 2.32. The second kappa shape index (κ2) is 9.85. The molecule has 1 atom stereocenters. The van der Waals surface area contributed by atoms with Gasteiger partial charge in [-0.3, -0.25) is 9.48 Å². The van der Waals surface area contributed by atoms with Crippen molar-refractivity contribution in [3.05, 3.63) is 52.3 Å². The minimum atomic E-state index is -4.37. The first-order chi connectivity index (χ1) is 15.8. The number of carbonyl (C=O) groups excluding carboxylic acids is 1. The van der Waals surface area contributed by atoms with Gasteiger partial charge in [-0.15, -0.1) is 0 Å². The lowest BCUT2D eigenvalue weighted by atomic mass is 9.90. The molecule has 1 aliphatic carbocycles. The van der Waals surface area contributed by atoms with E-state index in [9.17, 15) is 18.0 Å². The monoisotopic (exact) mass is 463 g/mol. The normalized spacial score (nSPS) is 19.5. The molecule has 1 aromatic carbocycles. The molecular formula is C24H32F3N5O. The first-order valence-electron chi connectivity index (χ1n) is 11.7. The molecule has 0 radical (unpaired) electrons. The Morgan fingerprint density at radius 2 is 1.91 bits per heavy atom. The number of benzene rings is 1. The summed E-state index contributed by atoms with van der Waals surface area (Å²) in [5.74, 6) is -0.0303. The highest BCUT2D eigenvalue weighted by molar-refractivity contribution is 5.94. The van der Waals surface area contributed by atoms with E-state index >= 15 is 0 Å². The first kappa shape index (κ1) is 23.8. The summed E-state index contributed by atoms with van der Waals surface area (Å²) in [6.07, 6.45) is -1.29. The van der Waals surface area contributed by atoms with Crippen molar-refractivity contribution in [3.8, 4) is 0 Å². The van der Waals surface area contributed by atoms with E-state index in [4.69, 9.17) is 5.10 Å². The average molecular weight is 464 g/mol. The first-order valence-corrected chi connectivity index (χ1v) is 11.7. The van der Waals surface area contributed by atoms with Crippen molar-refractivity contribution in [2.45, 2.75) is 57.9 Å². The Bertz CT molecular complexity index is 979. The molecule has 0 saturated carbocycles. The molecule has 33 heavy (non-hydrogen) atoms. The topological polar surface area (TPSA) is 53.4 Å². The van der Waals surface area contributed by atoms with Crippen LogP contribution in [0.3, 0.4) is 0 Å². The summed E-state index contributed by atoms with van der Waals surface area (Å²) in [7, 11) is 2.05. The van der Waals surface area contributed by atoms with Gasteiger partial charge in [0.15, 0.2) is 5.69 Å². The van der Waals surface area contributed by atoms with E-state index in [2.05, 4.69) is 17.1 Å². The zero-order valence-corrected chi connectivity index (χ0v) is 19.3. The van der Waals surface area contributed by atoms with Crippen molar-refractivity contribution in [1.82, 2.24) is 24.9 Å². The van der Waals surface area contributed by atoms with Crippen molar-refractivity contribution in [1.29, 1.82) is 0 Å². The number of alkyl halides is 3. The van der Waals surface area contributed by atoms with Crippen LogP contribution < -0.4 is 5.32 Å². The summed E-state index contributed by atoms with van der Waals surface area (Å²) < 4.78 is 42.0. The molecule has 1 N–H and O–H groups in total. The van der Waals surface area contributed by atoms with Crippen LogP contribution in [0.4, 0.5) is 13.2 Å². The summed E-state index contributed by atoms with van der Waals surface area (Å²) in [5, 5.41) is 8.03. The number of hydrogen-bond acceptors (Lipinski definition) is 4. The summed E-state index contributed by atoms with van der Waals surface area (Å²) >= 11 is 0. The van der Waals surface area contributed by atoms with Crippen LogP contribution in [0.5, 0.6) is 0 Å². The zero-order valence-electron chi connectivity index (χ0n) is 19.3. The number of rotatable bonds is 6. The maximum absolute atomic E-state index is 13.3. The van der Waals surface area contributed by atoms with Gasteiger partial charge < -0.3 is 15.1 Å². The van der Waals surface area contributed by atoms with Crippen LogP contribution in [-0.2, 0) is 32.1 Å². The Morgan fingerprint density at radius 3 is 2.61 bits per heavy atom. The molecule has 2 aromatic rings. The summed E-state index contributed by atoms with van der Waals surface area (Å²) in [4.78, 5) is 17.4. The van der Waals surface area contributed by atoms with Gasteiger partial charge in [0.25, 0.3) is 5.91 Å². The molecule has 4 rings (SSSR count). The van der Waals surface area contributed by atoms with Crippen molar-refractivity contribution < 1.29 is 18.0 Å². The number of aryl methyl sites for hydroxylation is 1. The van der Waals surface area contributed by atoms with E-state index in [0.717, 1.165) is 56.2 Å². The van der Waals surface area contributed by atoms with E-state index in [1.807, 2.05) is 16.6 Å². The van der Waals surface area contributed by atoms with Crippen LogP contribution in [0.15, 0.2) is 24.3 Å². The van der Waals surface area contributed by atoms with Crippen LogP contribution in [0, 0.1) is 0 Å². The molecule has 0 spiro atoms. The molecule has 0 unspecified atom stereocenters. The van der Waals surface area contributed by atoms with Crippen LogP contribution in [-0.4, -0.2) is 64.8 Å². The average Bonchev–Trinajstić information content (AvgIpc) is 3.15. The Morgan fingerprint density at radius 1 is 1.18 bits per heavy atom. The van der Waals surface area contributed by atoms with E-state index in [0.29, 0.717) is 25.2 Å². The Labute approximate surface area is 192 Å². The molecule has 9 heteroatoms. The predicted molar refractivity (Wildman–Crippen MR) is 120 cm³/mol. The fourth-order valence-corrected chi connectivity index (χ4v) is 4.80. The van der Waals surface area contributed by atoms with Gasteiger partial charge in [-0.25, -0.2) is 0 Å². The molecule has 0 bridgehead atoms. The number of fused-ring (bicyclic) bond motifs is 1. The SMILES string of the molecule is CCCn1nc(C(=O)N2CCN(C)CC2)c2c1CC[C@H](NCc1ccccc1C(F)(F)F)C2. The molecule has 1 amide bonds. The van der Waals surface area contributed by atoms with Crippen molar-refractivity contribution in [2.75, 3.05) is 33.2 Å². The van der Waals surface area contributed by atoms with Crippen LogP contribution >= 0.6 is 0 Å². The number of carbonyl (C=O) groups is 1. The second-order valence-electron chi connectivity index (χ2n) is 9.07. The van der Waals surface area contributed by atoms with Gasteiger partial charge in [0.2, 0.25) is 0 Å². The smallest absolute Gasteiger partial charge is 0.335 e. The number of amides is 1. The number of nitrogens with one attached hydrogen (secondary N) is 1. The molecule has 2 heterocycles. The number of hydrogen-bond donors (Lipinski definition) is 1. The standard InChI is InChI=1S/C24H32F3N5O/c1-3-10-32-21-9-8-18(28-16-17-6-4-5-7-20(17)24(25,26)27)15-19(21)22(29-32)23(33)31-13-11-30(2)12-14-31/h4-7,18,28H,3,8-16H2,1-2H3/t18-/m0/s1. The largest absolute Gasteiger partial charge is 0.416 e. The van der Waals surface area contributed by atoms with Gasteiger partial charge in [0, 0.05) is 56.6 Å². The maximum atomic E-state index is 13.3. The predicted octanol–water partition coefficient (Wildman–Crippen LogP) is 3.35. The van der Waals surface area contributed by atoms with Gasteiger partial charge in [-0.05, 0) is 44.4 Å². The van der Waals surface area contributed by atoms with Crippen molar-refractivity contribution >= 4 is 5.91 Å². The zero-order chi connectivity index (χ0) is 23.6. The molecule has 180 valence electrons. The Kier molecular flexibility index (Phi) is 7.09. The third kappa shape index (κ3) is 5.24. The molecule has 1 aliphatic heterocycles. The molecule has 6 nitrogen and oxygen atoms in total. The van der Waals surface area contributed by atoms with E-state index in [1.54, 1.807) is 6.07 Å². The lowest BCUT2D eigenvalue weighted by molar-refractivity contribution is -0.138. The van der Waals surface area contributed by atoms with E-state index in [1.165, 1.54) is 12.1 Å². The van der Waals surface area contributed by atoms with Gasteiger partial charge in [0.1, 0.15) is 0 Å².